The van der Waals surface area contributed by atoms with Gasteiger partial charge in [0.05, 0.1) is 22.3 Å². The first kappa shape index (κ1) is 21.0. The summed E-state index contributed by atoms with van der Waals surface area (Å²) in [6.07, 6.45) is 3.80. The molecule has 6 heteroatoms. The third kappa shape index (κ3) is 2.90. The van der Waals surface area contributed by atoms with Crippen molar-refractivity contribution in [2.75, 3.05) is 0 Å². The van der Waals surface area contributed by atoms with Crippen molar-refractivity contribution in [1.82, 2.24) is 0 Å². The van der Waals surface area contributed by atoms with E-state index in [0.29, 0.717) is 44.9 Å². The van der Waals surface area contributed by atoms with Gasteiger partial charge in [0.2, 0.25) is 0 Å². The molecule has 1 saturated carbocycles. The van der Waals surface area contributed by atoms with Crippen molar-refractivity contribution in [2.45, 2.75) is 37.5 Å². The maximum absolute atomic E-state index is 12.3. The molecule has 4 aromatic rings. The van der Waals surface area contributed by atoms with Crippen molar-refractivity contribution in [3.8, 4) is 0 Å². The van der Waals surface area contributed by atoms with Gasteiger partial charge in [0.1, 0.15) is 0 Å². The summed E-state index contributed by atoms with van der Waals surface area (Å²) in [5.41, 5.74) is 4.07. The Morgan fingerprint density at radius 1 is 0.472 bits per heavy atom. The lowest BCUT2D eigenvalue weighted by Gasteiger charge is -2.31. The Morgan fingerprint density at radius 2 is 0.833 bits per heavy atom. The zero-order chi connectivity index (χ0) is 24.6. The lowest BCUT2D eigenvalue weighted by atomic mass is 9.73. The van der Waals surface area contributed by atoms with E-state index in [-0.39, 0.29) is 0 Å². The molecule has 2 heterocycles. The first-order valence-electron chi connectivity index (χ1n) is 12.2. The van der Waals surface area contributed by atoms with Gasteiger partial charge in [-0.2, -0.15) is 0 Å². The number of cyclic esters (lactones) is 4. The summed E-state index contributed by atoms with van der Waals surface area (Å²) in [7, 11) is 0. The van der Waals surface area contributed by atoms with Crippen LogP contribution in [0.25, 0.3) is 21.5 Å². The topological polar surface area (TPSA) is 86.7 Å². The van der Waals surface area contributed by atoms with Gasteiger partial charge in [-0.05, 0) is 83.7 Å². The minimum absolute atomic E-state index is 0.301. The van der Waals surface area contributed by atoms with Crippen LogP contribution in [0.15, 0.2) is 60.7 Å². The van der Waals surface area contributed by atoms with E-state index in [2.05, 4.69) is 0 Å². The second-order valence-corrected chi connectivity index (χ2v) is 9.76. The Labute approximate surface area is 205 Å². The van der Waals surface area contributed by atoms with Crippen LogP contribution in [0.5, 0.6) is 0 Å². The lowest BCUT2D eigenvalue weighted by molar-refractivity contribution is 0.0373. The Balaban J connectivity index is 1.23. The highest BCUT2D eigenvalue weighted by Gasteiger charge is 2.33. The maximum atomic E-state index is 12.3. The molecule has 36 heavy (non-hydrogen) atoms. The molecule has 1 aliphatic carbocycles. The van der Waals surface area contributed by atoms with Crippen LogP contribution in [0.2, 0.25) is 0 Å². The molecule has 0 radical (unpaired) electrons. The van der Waals surface area contributed by atoms with Crippen LogP contribution >= 0.6 is 0 Å². The van der Waals surface area contributed by atoms with E-state index in [1.807, 2.05) is 36.4 Å². The van der Waals surface area contributed by atoms with Crippen molar-refractivity contribution in [2.24, 2.45) is 0 Å². The molecule has 0 saturated heterocycles. The number of hydrogen-bond donors (Lipinski definition) is 0. The molecule has 1 fully saturated rings. The van der Waals surface area contributed by atoms with Crippen molar-refractivity contribution < 1.29 is 28.7 Å². The minimum atomic E-state index is -0.593. The summed E-state index contributed by atoms with van der Waals surface area (Å²) < 4.78 is 9.80. The van der Waals surface area contributed by atoms with Crippen molar-refractivity contribution in [1.29, 1.82) is 0 Å². The van der Waals surface area contributed by atoms with Crippen LogP contribution < -0.4 is 0 Å². The predicted octanol–water partition coefficient (Wildman–Crippen LogP) is 6.06. The number of ether oxygens (including phenoxy) is 2. The third-order valence-corrected chi connectivity index (χ3v) is 8.01. The van der Waals surface area contributed by atoms with Crippen LogP contribution in [-0.4, -0.2) is 23.9 Å². The molecular formula is C30H20O6. The van der Waals surface area contributed by atoms with Crippen molar-refractivity contribution >= 4 is 45.4 Å². The third-order valence-electron chi connectivity index (χ3n) is 8.01. The molecule has 0 amide bonds. The predicted molar refractivity (Wildman–Crippen MR) is 131 cm³/mol. The zero-order valence-electron chi connectivity index (χ0n) is 19.2. The lowest BCUT2D eigenvalue weighted by Crippen LogP contribution is -2.21. The summed E-state index contributed by atoms with van der Waals surface area (Å²) in [6.45, 7) is 0. The number of benzene rings is 4. The molecule has 7 rings (SSSR count). The normalized spacial score (nSPS) is 21.0. The molecule has 0 unspecified atom stereocenters. The van der Waals surface area contributed by atoms with Crippen LogP contribution in [0.1, 0.15) is 90.1 Å². The average Bonchev–Trinajstić information content (AvgIpc) is 2.90. The number of carbonyl (C=O) groups excluding carboxylic acids is 4. The Kier molecular flexibility index (Phi) is 4.43. The molecule has 6 nitrogen and oxygen atoms in total. The maximum Gasteiger partial charge on any atom is 0.346 e. The number of hydrogen-bond acceptors (Lipinski definition) is 6. The van der Waals surface area contributed by atoms with Gasteiger partial charge in [-0.1, -0.05) is 36.4 Å². The number of carbonyl (C=O) groups is 4. The van der Waals surface area contributed by atoms with Crippen LogP contribution in [-0.2, 0) is 9.47 Å². The largest absolute Gasteiger partial charge is 0.386 e. The summed E-state index contributed by atoms with van der Waals surface area (Å²) in [5.74, 6) is -1.77. The van der Waals surface area contributed by atoms with Crippen LogP contribution in [0, 0.1) is 0 Å². The molecule has 4 aromatic carbocycles. The van der Waals surface area contributed by atoms with E-state index >= 15 is 0 Å². The first-order chi connectivity index (χ1) is 17.5. The molecule has 0 spiro atoms. The molecule has 176 valence electrons. The van der Waals surface area contributed by atoms with Crippen molar-refractivity contribution in [3.05, 3.63) is 94.0 Å². The van der Waals surface area contributed by atoms with Gasteiger partial charge in [0.25, 0.3) is 0 Å². The fourth-order valence-corrected chi connectivity index (χ4v) is 6.35. The highest BCUT2D eigenvalue weighted by Crippen LogP contribution is 2.46. The molecule has 0 N–H and O–H groups in total. The number of rotatable bonds is 2. The van der Waals surface area contributed by atoms with E-state index in [4.69, 9.17) is 9.47 Å². The van der Waals surface area contributed by atoms with E-state index in [1.165, 1.54) is 0 Å². The highest BCUT2D eigenvalue weighted by atomic mass is 16.6. The van der Waals surface area contributed by atoms with Gasteiger partial charge >= 0.3 is 23.9 Å². The summed E-state index contributed by atoms with van der Waals surface area (Å²) in [4.78, 5) is 49.2. The quantitative estimate of drug-likeness (QED) is 0.258. The van der Waals surface area contributed by atoms with E-state index in [9.17, 15) is 19.2 Å². The monoisotopic (exact) mass is 476 g/mol. The average molecular weight is 476 g/mol. The molecule has 2 aliphatic heterocycles. The molecule has 3 aliphatic rings. The Morgan fingerprint density at radius 3 is 1.22 bits per heavy atom. The minimum Gasteiger partial charge on any atom is -0.386 e. The van der Waals surface area contributed by atoms with E-state index in [1.54, 1.807) is 24.3 Å². The fraction of sp³-hybridized carbons (Fsp3) is 0.200. The second-order valence-electron chi connectivity index (χ2n) is 9.76. The van der Waals surface area contributed by atoms with Crippen molar-refractivity contribution in [3.63, 3.8) is 0 Å². The van der Waals surface area contributed by atoms with Crippen LogP contribution in [0.4, 0.5) is 0 Å². The standard InChI is InChI=1S/C30H20O6/c31-27-21-5-1-3-19-17(11-13-23(25(19)21)29(33)35-27)15-7-9-16(10-8-15)18-12-14-24-26-20(18)4-2-6-22(26)28(32)36-30(24)34/h1-6,11-16H,7-10H2. The number of esters is 4. The first-order valence-corrected chi connectivity index (χ1v) is 12.2. The molecule has 0 aromatic heterocycles. The molecular weight excluding hydrogens is 456 g/mol. The SMILES string of the molecule is O=C1OC(=O)c2ccc(C3CCC(c4ccc5c6c(cccc46)C(=O)OC5=O)CC3)c3cccc1c23. The van der Waals surface area contributed by atoms with Gasteiger partial charge < -0.3 is 9.47 Å². The van der Waals surface area contributed by atoms with Gasteiger partial charge in [0, 0.05) is 10.8 Å². The van der Waals surface area contributed by atoms with E-state index < -0.39 is 23.9 Å². The van der Waals surface area contributed by atoms with Gasteiger partial charge in [-0.15, -0.1) is 0 Å². The summed E-state index contributed by atoms with van der Waals surface area (Å²) in [6, 6.07) is 18.6. The van der Waals surface area contributed by atoms with Gasteiger partial charge in [-0.3, -0.25) is 0 Å². The Bertz CT molecular complexity index is 1510. The highest BCUT2D eigenvalue weighted by molar-refractivity contribution is 6.22. The van der Waals surface area contributed by atoms with Crippen LogP contribution in [0.3, 0.4) is 0 Å². The smallest absolute Gasteiger partial charge is 0.346 e. The summed E-state index contributed by atoms with van der Waals surface area (Å²) >= 11 is 0. The molecule has 0 bridgehead atoms. The second kappa shape index (κ2) is 7.59. The van der Waals surface area contributed by atoms with Gasteiger partial charge in [-0.25, -0.2) is 19.2 Å². The fourth-order valence-electron chi connectivity index (χ4n) is 6.35. The van der Waals surface area contributed by atoms with E-state index in [0.717, 1.165) is 47.6 Å². The van der Waals surface area contributed by atoms with Gasteiger partial charge in [0.15, 0.2) is 0 Å². The Hall–Kier alpha value is -4.32. The zero-order valence-corrected chi connectivity index (χ0v) is 19.2. The molecule has 0 atom stereocenters. The summed E-state index contributed by atoms with van der Waals surface area (Å²) in [5, 5.41) is 3.27.